The number of fused-ring (bicyclic) bond motifs is 2. The van der Waals surface area contributed by atoms with Crippen LogP contribution in [-0.2, 0) is 4.79 Å². The summed E-state index contributed by atoms with van der Waals surface area (Å²) < 4.78 is 16.3. The van der Waals surface area contributed by atoms with Gasteiger partial charge in [0.25, 0.3) is 0 Å². The first kappa shape index (κ1) is 23.3. The topological polar surface area (TPSA) is 123 Å². The van der Waals surface area contributed by atoms with E-state index in [4.69, 9.17) is 14.2 Å². The number of anilines is 1. The van der Waals surface area contributed by atoms with Crippen molar-refractivity contribution in [3.63, 3.8) is 0 Å². The second kappa shape index (κ2) is 10.1. The summed E-state index contributed by atoms with van der Waals surface area (Å²) in [7, 11) is 1.53. The molecule has 184 valence electrons. The van der Waals surface area contributed by atoms with Crippen LogP contribution in [0.2, 0.25) is 0 Å². The minimum Gasteiger partial charge on any atom is -0.486 e. The number of rotatable bonds is 6. The van der Waals surface area contributed by atoms with Crippen LogP contribution in [0, 0.1) is 11.8 Å². The number of carbonyl (C=O) groups is 1. The number of pyridine rings is 2. The summed E-state index contributed by atoms with van der Waals surface area (Å²) in [6.45, 7) is 1.01. The second-order valence-corrected chi connectivity index (χ2v) is 9.02. The van der Waals surface area contributed by atoms with Crippen LogP contribution >= 0.6 is 0 Å². The lowest BCUT2D eigenvalue weighted by molar-refractivity contribution is -0.121. The summed E-state index contributed by atoms with van der Waals surface area (Å²) in [6, 6.07) is 10.5. The van der Waals surface area contributed by atoms with Gasteiger partial charge in [-0.1, -0.05) is 0 Å². The van der Waals surface area contributed by atoms with Gasteiger partial charge in [-0.15, -0.1) is 0 Å². The maximum absolute atomic E-state index is 12.9. The smallest absolute Gasteiger partial charge is 0.227 e. The number of ether oxygens (including phenoxy) is 3. The van der Waals surface area contributed by atoms with E-state index >= 15 is 0 Å². The van der Waals surface area contributed by atoms with Gasteiger partial charge in [0.15, 0.2) is 11.5 Å². The molecule has 0 spiro atoms. The Kier molecular flexibility index (Phi) is 6.70. The molecule has 5 rings (SSSR count). The standard InChI is InChI=1S/C26H29N3O6/c1-33-22-9-7-19-23(29-22)18(10-11-27-19)25(31)24(30)15-2-4-16(5-3-15)26(32)28-17-6-8-20-21(14-17)35-13-12-34-20/h6-11,14-16,24-25,30-31H,2-5,12-13H2,1H3,(H,28,32)/t15?,16?,24-,25-/m1/s1. The van der Waals surface area contributed by atoms with E-state index in [9.17, 15) is 15.0 Å². The highest BCUT2D eigenvalue weighted by atomic mass is 16.6. The van der Waals surface area contributed by atoms with E-state index in [1.54, 1.807) is 42.6 Å². The van der Waals surface area contributed by atoms with Crippen LogP contribution in [0.5, 0.6) is 17.4 Å². The average molecular weight is 480 g/mol. The first-order valence-corrected chi connectivity index (χ1v) is 11.9. The monoisotopic (exact) mass is 479 g/mol. The van der Waals surface area contributed by atoms with Crippen molar-refractivity contribution >= 4 is 22.6 Å². The first-order chi connectivity index (χ1) is 17.0. The summed E-state index contributed by atoms with van der Waals surface area (Å²) in [5.41, 5.74) is 2.31. The van der Waals surface area contributed by atoms with Gasteiger partial charge in [-0.05, 0) is 55.9 Å². The van der Waals surface area contributed by atoms with Gasteiger partial charge in [0.05, 0.1) is 24.2 Å². The number of methoxy groups -OCH3 is 1. The highest BCUT2D eigenvalue weighted by Crippen LogP contribution is 2.37. The first-order valence-electron chi connectivity index (χ1n) is 11.9. The van der Waals surface area contributed by atoms with Crippen molar-refractivity contribution in [1.82, 2.24) is 9.97 Å². The van der Waals surface area contributed by atoms with E-state index in [-0.39, 0.29) is 17.7 Å². The molecule has 3 aromatic rings. The van der Waals surface area contributed by atoms with Gasteiger partial charge in [0.1, 0.15) is 19.3 Å². The summed E-state index contributed by atoms with van der Waals surface area (Å²) in [4.78, 5) is 21.6. The molecule has 3 heterocycles. The van der Waals surface area contributed by atoms with Gasteiger partial charge in [-0.2, -0.15) is 0 Å². The van der Waals surface area contributed by atoms with Crippen LogP contribution in [0.25, 0.3) is 11.0 Å². The quantitative estimate of drug-likeness (QED) is 0.492. The Morgan fingerprint density at radius 3 is 2.60 bits per heavy atom. The Morgan fingerprint density at radius 2 is 1.83 bits per heavy atom. The molecule has 2 aliphatic rings. The Labute approximate surface area is 203 Å². The molecule has 1 saturated carbocycles. The lowest BCUT2D eigenvalue weighted by Gasteiger charge is -2.33. The largest absolute Gasteiger partial charge is 0.486 e. The number of aromatic nitrogens is 2. The highest BCUT2D eigenvalue weighted by molar-refractivity contribution is 5.93. The molecule has 2 atom stereocenters. The molecule has 1 aliphatic carbocycles. The maximum atomic E-state index is 12.9. The molecule has 9 heteroatoms. The maximum Gasteiger partial charge on any atom is 0.227 e. The van der Waals surface area contributed by atoms with E-state index in [0.717, 1.165) is 0 Å². The lowest BCUT2D eigenvalue weighted by atomic mass is 9.77. The minimum atomic E-state index is -1.12. The van der Waals surface area contributed by atoms with Crippen molar-refractivity contribution in [2.75, 3.05) is 25.6 Å². The fourth-order valence-electron chi connectivity index (χ4n) is 4.91. The Balaban J connectivity index is 1.21. The van der Waals surface area contributed by atoms with Crippen molar-refractivity contribution in [1.29, 1.82) is 0 Å². The normalized spacial score (nSPS) is 21.2. The Morgan fingerprint density at radius 1 is 1.06 bits per heavy atom. The minimum absolute atomic E-state index is 0.0495. The molecular weight excluding hydrogens is 450 g/mol. The zero-order valence-corrected chi connectivity index (χ0v) is 19.5. The fraction of sp³-hybridized carbons (Fsp3) is 0.423. The average Bonchev–Trinajstić information content (AvgIpc) is 2.91. The lowest BCUT2D eigenvalue weighted by Crippen LogP contribution is -2.34. The van der Waals surface area contributed by atoms with Crippen molar-refractivity contribution in [2.24, 2.45) is 11.8 Å². The molecule has 2 aromatic heterocycles. The van der Waals surface area contributed by atoms with E-state index in [0.29, 0.717) is 78.6 Å². The molecule has 1 fully saturated rings. The van der Waals surface area contributed by atoms with Gasteiger partial charge in [-0.3, -0.25) is 9.78 Å². The summed E-state index contributed by atoms with van der Waals surface area (Å²) in [5.74, 6) is 1.39. The third-order valence-electron chi connectivity index (χ3n) is 6.88. The fourth-order valence-corrected chi connectivity index (χ4v) is 4.91. The van der Waals surface area contributed by atoms with Gasteiger partial charge >= 0.3 is 0 Å². The molecule has 1 amide bonds. The second-order valence-electron chi connectivity index (χ2n) is 9.02. The van der Waals surface area contributed by atoms with Crippen LogP contribution in [0.15, 0.2) is 42.6 Å². The van der Waals surface area contributed by atoms with Crippen LogP contribution in [0.3, 0.4) is 0 Å². The number of amides is 1. The van der Waals surface area contributed by atoms with Gasteiger partial charge in [-0.25, -0.2) is 4.98 Å². The van der Waals surface area contributed by atoms with Gasteiger partial charge in [0.2, 0.25) is 11.8 Å². The number of nitrogens with zero attached hydrogens (tertiary/aromatic N) is 2. The predicted molar refractivity (Wildman–Crippen MR) is 129 cm³/mol. The number of benzene rings is 1. The molecule has 9 nitrogen and oxygen atoms in total. The molecule has 0 bridgehead atoms. The van der Waals surface area contributed by atoms with E-state index in [1.165, 1.54) is 7.11 Å². The number of aliphatic hydroxyl groups excluding tert-OH is 2. The van der Waals surface area contributed by atoms with Crippen LogP contribution in [0.1, 0.15) is 37.4 Å². The third-order valence-corrected chi connectivity index (χ3v) is 6.88. The van der Waals surface area contributed by atoms with Crippen LogP contribution < -0.4 is 19.5 Å². The van der Waals surface area contributed by atoms with Gasteiger partial charge in [0, 0.05) is 35.5 Å². The number of hydrogen-bond donors (Lipinski definition) is 3. The zero-order chi connectivity index (χ0) is 24.4. The SMILES string of the molecule is COc1ccc2nccc([C@@H](O)[C@H](O)C3CCC(C(=O)Nc4ccc5c(c4)OCCO5)CC3)c2n1. The van der Waals surface area contributed by atoms with E-state index in [1.807, 2.05) is 0 Å². The number of carbonyl (C=O) groups excluding carboxylic acids is 1. The molecule has 35 heavy (non-hydrogen) atoms. The molecule has 3 N–H and O–H groups in total. The summed E-state index contributed by atoms with van der Waals surface area (Å²) in [6.07, 6.45) is 2.04. The third kappa shape index (κ3) is 4.87. The number of nitrogens with one attached hydrogen (secondary N) is 1. The van der Waals surface area contributed by atoms with E-state index < -0.39 is 12.2 Å². The Hall–Kier alpha value is -3.43. The van der Waals surface area contributed by atoms with E-state index in [2.05, 4.69) is 15.3 Å². The predicted octanol–water partition coefficient (Wildman–Crippen LogP) is 3.25. The Bertz CT molecular complexity index is 1210. The molecule has 0 saturated heterocycles. The molecule has 0 unspecified atom stereocenters. The zero-order valence-electron chi connectivity index (χ0n) is 19.5. The molecule has 1 aromatic carbocycles. The van der Waals surface area contributed by atoms with Crippen molar-refractivity contribution in [2.45, 2.75) is 37.9 Å². The van der Waals surface area contributed by atoms with Crippen molar-refractivity contribution in [3.8, 4) is 17.4 Å². The molecular formula is C26H29N3O6. The van der Waals surface area contributed by atoms with Crippen molar-refractivity contribution in [3.05, 3.63) is 48.2 Å². The number of aliphatic hydroxyl groups is 2. The molecule has 1 aliphatic heterocycles. The summed E-state index contributed by atoms with van der Waals surface area (Å²) in [5, 5.41) is 25.0. The van der Waals surface area contributed by atoms with Crippen LogP contribution in [0.4, 0.5) is 5.69 Å². The molecule has 0 radical (unpaired) electrons. The summed E-state index contributed by atoms with van der Waals surface area (Å²) >= 11 is 0. The van der Waals surface area contributed by atoms with Gasteiger partial charge < -0.3 is 29.7 Å². The number of hydrogen-bond acceptors (Lipinski definition) is 8. The van der Waals surface area contributed by atoms with Crippen molar-refractivity contribution < 1.29 is 29.2 Å². The highest BCUT2D eigenvalue weighted by Gasteiger charge is 2.34. The van der Waals surface area contributed by atoms with Crippen LogP contribution in [-0.4, -0.2) is 52.5 Å².